The van der Waals surface area contributed by atoms with Crippen LogP contribution in [0.3, 0.4) is 0 Å². The summed E-state index contributed by atoms with van der Waals surface area (Å²) in [6, 6.07) is 3.27. The average molecular weight is 185 g/mol. The Hall–Kier alpha value is -1.09. The van der Waals surface area contributed by atoms with Crippen molar-refractivity contribution in [3.05, 3.63) is 29.2 Å². The first kappa shape index (κ1) is 7.55. The van der Waals surface area contributed by atoms with Gasteiger partial charge in [-0.25, -0.2) is 4.39 Å². The highest BCUT2D eigenvalue weighted by Gasteiger charge is 2.07. The summed E-state index contributed by atoms with van der Waals surface area (Å²) in [4.78, 5) is 0. The molecule has 0 unspecified atom stereocenters. The Morgan fingerprint density at radius 3 is 3.00 bits per heavy atom. The van der Waals surface area contributed by atoms with Gasteiger partial charge in [0.2, 0.25) is 0 Å². The minimum absolute atomic E-state index is 0.112. The first-order chi connectivity index (χ1) is 5.68. The van der Waals surface area contributed by atoms with Crippen LogP contribution in [0.2, 0.25) is 5.02 Å². The third kappa shape index (κ3) is 0.975. The van der Waals surface area contributed by atoms with E-state index in [9.17, 15) is 4.39 Å². The number of rotatable bonds is 0. The molecule has 1 aromatic heterocycles. The van der Waals surface area contributed by atoms with Crippen LogP contribution in [0.4, 0.5) is 4.39 Å². The van der Waals surface area contributed by atoms with Gasteiger partial charge in [0.05, 0.1) is 5.02 Å². The molecule has 0 saturated carbocycles. The van der Waals surface area contributed by atoms with E-state index in [1.54, 1.807) is 24.0 Å². The predicted octanol–water partition coefficient (Wildman–Crippen LogP) is 2.37. The van der Waals surface area contributed by atoms with Gasteiger partial charge in [0.15, 0.2) is 5.82 Å². The summed E-state index contributed by atoms with van der Waals surface area (Å²) in [5.41, 5.74) is 0.324. The highest BCUT2D eigenvalue weighted by molar-refractivity contribution is 6.31. The van der Waals surface area contributed by atoms with Gasteiger partial charge in [-0.05, 0) is 12.1 Å². The van der Waals surface area contributed by atoms with E-state index in [0.29, 0.717) is 5.52 Å². The van der Waals surface area contributed by atoms with Crippen molar-refractivity contribution in [3.8, 4) is 0 Å². The third-order valence-corrected chi connectivity index (χ3v) is 1.98. The topological polar surface area (TPSA) is 17.8 Å². The molecule has 0 aliphatic rings. The summed E-state index contributed by atoms with van der Waals surface area (Å²) >= 11 is 5.57. The lowest BCUT2D eigenvalue weighted by atomic mass is 10.2. The maximum atomic E-state index is 13.2. The van der Waals surface area contributed by atoms with Crippen molar-refractivity contribution in [1.29, 1.82) is 0 Å². The van der Waals surface area contributed by atoms with Crippen LogP contribution >= 0.6 is 11.6 Å². The highest BCUT2D eigenvalue weighted by Crippen LogP contribution is 2.22. The predicted molar refractivity (Wildman–Crippen MR) is 45.7 cm³/mol. The van der Waals surface area contributed by atoms with Crippen LogP contribution in [0.15, 0.2) is 18.3 Å². The van der Waals surface area contributed by atoms with E-state index < -0.39 is 5.82 Å². The maximum Gasteiger partial charge on any atom is 0.169 e. The van der Waals surface area contributed by atoms with Crippen LogP contribution in [0.1, 0.15) is 0 Å². The monoisotopic (exact) mass is 184 g/mol. The summed E-state index contributed by atoms with van der Waals surface area (Å²) in [5.74, 6) is -0.449. The summed E-state index contributed by atoms with van der Waals surface area (Å²) in [6.45, 7) is 0. The van der Waals surface area contributed by atoms with Crippen LogP contribution in [-0.2, 0) is 7.05 Å². The van der Waals surface area contributed by atoms with Crippen LogP contribution in [-0.4, -0.2) is 9.78 Å². The molecule has 2 nitrogen and oxygen atoms in total. The summed E-state index contributed by atoms with van der Waals surface area (Å²) in [5, 5.41) is 4.81. The Morgan fingerprint density at radius 1 is 1.50 bits per heavy atom. The van der Waals surface area contributed by atoms with Crippen LogP contribution in [0.5, 0.6) is 0 Å². The number of nitrogens with zero attached hydrogens (tertiary/aromatic N) is 2. The molecule has 0 spiro atoms. The fourth-order valence-corrected chi connectivity index (χ4v) is 1.30. The second-order valence-corrected chi connectivity index (χ2v) is 3.01. The molecule has 2 aromatic rings. The molecule has 1 aromatic carbocycles. The molecular weight excluding hydrogens is 179 g/mol. The van der Waals surface area contributed by atoms with Gasteiger partial charge in [0.1, 0.15) is 5.52 Å². The lowest BCUT2D eigenvalue weighted by Crippen LogP contribution is -1.86. The van der Waals surface area contributed by atoms with Crippen molar-refractivity contribution < 1.29 is 4.39 Å². The average Bonchev–Trinajstić information content (AvgIpc) is 2.39. The molecule has 0 aliphatic heterocycles. The van der Waals surface area contributed by atoms with Crippen LogP contribution < -0.4 is 0 Å². The first-order valence-corrected chi connectivity index (χ1v) is 3.83. The zero-order chi connectivity index (χ0) is 8.72. The molecule has 0 aliphatic carbocycles. The number of aromatic nitrogens is 2. The molecule has 2 rings (SSSR count). The zero-order valence-electron chi connectivity index (χ0n) is 6.38. The van der Waals surface area contributed by atoms with Gasteiger partial charge in [-0.15, -0.1) is 0 Å². The van der Waals surface area contributed by atoms with Gasteiger partial charge in [0.25, 0.3) is 0 Å². The molecule has 4 heteroatoms. The van der Waals surface area contributed by atoms with Crippen LogP contribution in [0.25, 0.3) is 10.9 Å². The van der Waals surface area contributed by atoms with E-state index in [4.69, 9.17) is 11.6 Å². The molecule has 1 heterocycles. The van der Waals surface area contributed by atoms with Crippen molar-refractivity contribution in [2.75, 3.05) is 0 Å². The quantitative estimate of drug-likeness (QED) is 0.615. The summed E-state index contributed by atoms with van der Waals surface area (Å²) < 4.78 is 14.8. The number of hydrogen-bond donors (Lipinski definition) is 0. The molecule has 0 bridgehead atoms. The molecule has 62 valence electrons. The largest absolute Gasteiger partial charge is 0.274 e. The number of fused-ring (bicyclic) bond motifs is 1. The Morgan fingerprint density at radius 2 is 2.25 bits per heavy atom. The Bertz CT molecular complexity index is 436. The van der Waals surface area contributed by atoms with E-state index in [0.717, 1.165) is 5.39 Å². The molecular formula is C8H6ClFN2. The van der Waals surface area contributed by atoms with Crippen LogP contribution in [0, 0.1) is 5.82 Å². The molecule has 12 heavy (non-hydrogen) atoms. The molecule has 0 amide bonds. The Kier molecular flexibility index (Phi) is 1.54. The Labute approximate surface area is 73.6 Å². The third-order valence-electron chi connectivity index (χ3n) is 1.68. The normalized spacial score (nSPS) is 10.9. The van der Waals surface area contributed by atoms with Crippen molar-refractivity contribution in [2.45, 2.75) is 0 Å². The van der Waals surface area contributed by atoms with Gasteiger partial charge < -0.3 is 0 Å². The number of aryl methyl sites for hydroxylation is 1. The van der Waals surface area contributed by atoms with Crippen molar-refractivity contribution >= 4 is 22.5 Å². The lowest BCUT2D eigenvalue weighted by molar-refractivity contribution is 0.633. The fraction of sp³-hybridized carbons (Fsp3) is 0.125. The summed E-state index contributed by atoms with van der Waals surface area (Å²) in [6.07, 6.45) is 1.74. The molecule has 0 N–H and O–H groups in total. The molecule has 0 atom stereocenters. The summed E-state index contributed by atoms with van der Waals surface area (Å²) in [7, 11) is 1.74. The minimum Gasteiger partial charge on any atom is -0.274 e. The second kappa shape index (κ2) is 2.45. The molecule has 0 radical (unpaired) electrons. The standard InChI is InChI=1S/C8H6ClFN2/c1-12-4-5-2-3-6(9)7(10)8(5)11-12/h2-4H,1H3. The van der Waals surface area contributed by atoms with Crippen molar-refractivity contribution in [3.63, 3.8) is 0 Å². The second-order valence-electron chi connectivity index (χ2n) is 2.60. The van der Waals surface area contributed by atoms with E-state index in [1.807, 2.05) is 0 Å². The highest BCUT2D eigenvalue weighted by atomic mass is 35.5. The van der Waals surface area contributed by atoms with E-state index in [2.05, 4.69) is 5.10 Å². The number of halogens is 2. The Balaban J connectivity index is 2.89. The van der Waals surface area contributed by atoms with Gasteiger partial charge in [-0.2, -0.15) is 5.10 Å². The smallest absolute Gasteiger partial charge is 0.169 e. The minimum atomic E-state index is -0.449. The first-order valence-electron chi connectivity index (χ1n) is 3.46. The van der Waals surface area contributed by atoms with Gasteiger partial charge in [-0.1, -0.05) is 11.6 Å². The van der Waals surface area contributed by atoms with Gasteiger partial charge in [0, 0.05) is 18.6 Å². The zero-order valence-corrected chi connectivity index (χ0v) is 7.14. The van der Waals surface area contributed by atoms with E-state index >= 15 is 0 Å². The van der Waals surface area contributed by atoms with E-state index in [-0.39, 0.29) is 5.02 Å². The molecule has 0 fully saturated rings. The maximum absolute atomic E-state index is 13.2. The number of benzene rings is 1. The van der Waals surface area contributed by atoms with Crippen molar-refractivity contribution in [2.24, 2.45) is 7.05 Å². The van der Waals surface area contributed by atoms with Gasteiger partial charge >= 0.3 is 0 Å². The SMILES string of the molecule is Cn1cc2ccc(Cl)c(F)c2n1. The lowest BCUT2D eigenvalue weighted by Gasteiger charge is -1.92. The molecule has 0 saturated heterocycles. The van der Waals surface area contributed by atoms with Gasteiger partial charge in [-0.3, -0.25) is 4.68 Å². The van der Waals surface area contributed by atoms with Crippen molar-refractivity contribution in [1.82, 2.24) is 9.78 Å². The number of hydrogen-bond acceptors (Lipinski definition) is 1. The van der Waals surface area contributed by atoms with E-state index in [1.165, 1.54) is 6.07 Å². The fourth-order valence-electron chi connectivity index (χ4n) is 1.15.